The van der Waals surface area contributed by atoms with Gasteiger partial charge in [0.1, 0.15) is 5.75 Å². The van der Waals surface area contributed by atoms with Crippen LogP contribution in [0.15, 0.2) is 77.7 Å². The van der Waals surface area contributed by atoms with Gasteiger partial charge in [0.2, 0.25) is 0 Å². The number of carbonyl (C=O) groups excluding carboxylic acids is 1. The zero-order chi connectivity index (χ0) is 21.7. The molecule has 0 saturated carbocycles. The molecule has 3 aromatic rings. The van der Waals surface area contributed by atoms with Crippen molar-refractivity contribution in [2.24, 2.45) is 0 Å². The number of halogens is 1. The van der Waals surface area contributed by atoms with Crippen molar-refractivity contribution in [3.8, 4) is 5.75 Å². The maximum Gasteiger partial charge on any atom is 0.264 e. The van der Waals surface area contributed by atoms with Gasteiger partial charge < -0.3 is 10.1 Å². The summed E-state index contributed by atoms with van der Waals surface area (Å²) < 4.78 is 32.2. The van der Waals surface area contributed by atoms with Crippen LogP contribution < -0.4 is 14.4 Å². The van der Waals surface area contributed by atoms with Crippen molar-refractivity contribution in [2.45, 2.75) is 11.8 Å². The van der Waals surface area contributed by atoms with Crippen LogP contribution in [0.2, 0.25) is 5.02 Å². The summed E-state index contributed by atoms with van der Waals surface area (Å²) >= 11 is 5.82. The quantitative estimate of drug-likeness (QED) is 0.582. The van der Waals surface area contributed by atoms with Crippen molar-refractivity contribution >= 4 is 38.9 Å². The van der Waals surface area contributed by atoms with E-state index in [1.165, 1.54) is 11.4 Å². The van der Waals surface area contributed by atoms with E-state index in [0.29, 0.717) is 22.1 Å². The largest absolute Gasteiger partial charge is 0.484 e. The molecule has 30 heavy (non-hydrogen) atoms. The van der Waals surface area contributed by atoms with E-state index < -0.39 is 10.0 Å². The lowest BCUT2D eigenvalue weighted by molar-refractivity contribution is -0.118. The summed E-state index contributed by atoms with van der Waals surface area (Å²) in [5.41, 5.74) is 2.08. The molecule has 3 rings (SSSR count). The molecule has 3 aromatic carbocycles. The highest BCUT2D eigenvalue weighted by Crippen LogP contribution is 2.24. The van der Waals surface area contributed by atoms with Crippen LogP contribution in [0.4, 0.5) is 11.4 Å². The second-order valence-corrected chi connectivity index (χ2v) is 9.03. The third-order valence-electron chi connectivity index (χ3n) is 4.38. The third-order valence-corrected chi connectivity index (χ3v) is 6.43. The van der Waals surface area contributed by atoms with Crippen LogP contribution in [-0.4, -0.2) is 28.0 Å². The number of nitrogens with one attached hydrogen (secondary N) is 1. The summed E-state index contributed by atoms with van der Waals surface area (Å²) in [5, 5.41) is 3.28. The molecule has 0 bridgehead atoms. The highest BCUT2D eigenvalue weighted by molar-refractivity contribution is 7.92. The number of amides is 1. The second-order valence-electron chi connectivity index (χ2n) is 6.62. The van der Waals surface area contributed by atoms with Gasteiger partial charge in [-0.3, -0.25) is 9.10 Å². The monoisotopic (exact) mass is 444 g/mol. The Morgan fingerprint density at radius 3 is 2.17 bits per heavy atom. The van der Waals surface area contributed by atoms with Gasteiger partial charge in [-0.15, -0.1) is 0 Å². The molecule has 0 aromatic heterocycles. The summed E-state index contributed by atoms with van der Waals surface area (Å²) in [6, 6.07) is 19.9. The Balaban J connectivity index is 1.60. The predicted molar refractivity (Wildman–Crippen MR) is 119 cm³/mol. The molecular weight excluding hydrogens is 424 g/mol. The first-order valence-electron chi connectivity index (χ1n) is 9.09. The van der Waals surface area contributed by atoms with Gasteiger partial charge in [-0.2, -0.15) is 0 Å². The van der Waals surface area contributed by atoms with Crippen LogP contribution in [0.25, 0.3) is 0 Å². The lowest BCUT2D eigenvalue weighted by Crippen LogP contribution is -2.26. The number of aryl methyl sites for hydroxylation is 1. The minimum absolute atomic E-state index is 0.181. The van der Waals surface area contributed by atoms with Crippen LogP contribution in [0.5, 0.6) is 5.75 Å². The maximum absolute atomic E-state index is 12.8. The van der Waals surface area contributed by atoms with E-state index in [2.05, 4.69) is 5.32 Å². The van der Waals surface area contributed by atoms with Gasteiger partial charge in [0.15, 0.2) is 6.61 Å². The van der Waals surface area contributed by atoms with Gasteiger partial charge in [-0.25, -0.2) is 8.42 Å². The Kier molecular flexibility index (Phi) is 6.64. The molecular formula is C22H21ClN2O4S. The number of anilines is 2. The van der Waals surface area contributed by atoms with Crippen LogP contribution >= 0.6 is 11.6 Å². The maximum atomic E-state index is 12.8. The van der Waals surface area contributed by atoms with Crippen LogP contribution in [0, 0.1) is 6.92 Å². The van der Waals surface area contributed by atoms with Crippen LogP contribution in [0.1, 0.15) is 5.56 Å². The molecule has 0 unspecified atom stereocenters. The van der Waals surface area contributed by atoms with E-state index in [-0.39, 0.29) is 17.4 Å². The van der Waals surface area contributed by atoms with Gasteiger partial charge in [-0.1, -0.05) is 29.3 Å². The fraction of sp³-hybridized carbons (Fsp3) is 0.136. The minimum Gasteiger partial charge on any atom is -0.484 e. The van der Waals surface area contributed by atoms with Crippen molar-refractivity contribution in [1.82, 2.24) is 0 Å². The van der Waals surface area contributed by atoms with E-state index in [1.54, 1.807) is 72.8 Å². The summed E-state index contributed by atoms with van der Waals surface area (Å²) in [6.45, 7) is 1.72. The number of sulfonamides is 1. The summed E-state index contributed by atoms with van der Waals surface area (Å²) in [4.78, 5) is 12.2. The molecule has 0 aliphatic carbocycles. The number of benzene rings is 3. The van der Waals surface area contributed by atoms with Gasteiger partial charge in [0.05, 0.1) is 10.6 Å². The van der Waals surface area contributed by atoms with Crippen molar-refractivity contribution in [2.75, 3.05) is 23.3 Å². The number of hydrogen-bond donors (Lipinski definition) is 1. The summed E-state index contributed by atoms with van der Waals surface area (Å²) in [5.74, 6) is 0.131. The molecule has 1 N–H and O–H groups in total. The van der Waals surface area contributed by atoms with E-state index in [1.807, 2.05) is 6.92 Å². The molecule has 0 aliphatic heterocycles. The molecule has 0 heterocycles. The fourth-order valence-corrected chi connectivity index (χ4v) is 3.96. The number of nitrogens with zero attached hydrogens (tertiary/aromatic N) is 1. The van der Waals surface area contributed by atoms with E-state index in [0.717, 1.165) is 5.56 Å². The number of hydrogen-bond acceptors (Lipinski definition) is 4. The van der Waals surface area contributed by atoms with E-state index in [9.17, 15) is 13.2 Å². The zero-order valence-electron chi connectivity index (χ0n) is 16.5. The molecule has 156 valence electrons. The Morgan fingerprint density at radius 1 is 0.967 bits per heavy atom. The molecule has 0 aliphatic rings. The van der Waals surface area contributed by atoms with Gasteiger partial charge in [0.25, 0.3) is 15.9 Å². The normalized spacial score (nSPS) is 11.0. The van der Waals surface area contributed by atoms with Gasteiger partial charge in [0, 0.05) is 17.8 Å². The molecule has 8 heteroatoms. The lowest BCUT2D eigenvalue weighted by atomic mass is 10.2. The number of rotatable bonds is 7. The highest BCUT2D eigenvalue weighted by Gasteiger charge is 2.21. The Hall–Kier alpha value is -3.03. The van der Waals surface area contributed by atoms with E-state index >= 15 is 0 Å². The molecule has 6 nitrogen and oxygen atoms in total. The first kappa shape index (κ1) is 21.7. The molecule has 0 saturated heterocycles. The zero-order valence-corrected chi connectivity index (χ0v) is 18.1. The third kappa shape index (κ3) is 5.31. The molecule has 0 fully saturated rings. The summed E-state index contributed by atoms with van der Waals surface area (Å²) in [6.07, 6.45) is 0. The SMILES string of the molecule is Cc1ccc(S(=O)(=O)N(C)c2ccc(OCC(=O)Nc3ccc(Cl)cc3)cc2)cc1. The first-order chi connectivity index (χ1) is 14.3. The molecule has 0 spiro atoms. The van der Waals surface area contributed by atoms with Crippen molar-refractivity contribution in [3.05, 3.63) is 83.4 Å². The summed E-state index contributed by atoms with van der Waals surface area (Å²) in [7, 11) is -2.18. The second kappa shape index (κ2) is 9.19. The fourth-order valence-electron chi connectivity index (χ4n) is 2.64. The van der Waals surface area contributed by atoms with E-state index in [4.69, 9.17) is 16.3 Å². The van der Waals surface area contributed by atoms with Crippen molar-refractivity contribution < 1.29 is 17.9 Å². The molecule has 1 amide bonds. The Morgan fingerprint density at radius 2 is 1.57 bits per heavy atom. The van der Waals surface area contributed by atoms with Gasteiger partial charge in [-0.05, 0) is 67.6 Å². The topological polar surface area (TPSA) is 75.7 Å². The highest BCUT2D eigenvalue weighted by atomic mass is 35.5. The Labute approximate surface area is 181 Å². The van der Waals surface area contributed by atoms with Crippen molar-refractivity contribution in [1.29, 1.82) is 0 Å². The lowest BCUT2D eigenvalue weighted by Gasteiger charge is -2.20. The smallest absolute Gasteiger partial charge is 0.264 e. The number of ether oxygens (including phenoxy) is 1. The van der Waals surface area contributed by atoms with Crippen LogP contribution in [-0.2, 0) is 14.8 Å². The Bertz CT molecular complexity index is 1110. The molecule has 0 atom stereocenters. The number of carbonyl (C=O) groups is 1. The molecule has 0 radical (unpaired) electrons. The minimum atomic E-state index is -3.67. The average Bonchev–Trinajstić information content (AvgIpc) is 2.74. The first-order valence-corrected chi connectivity index (χ1v) is 10.9. The predicted octanol–water partition coefficient (Wildman–Crippen LogP) is 4.49. The standard InChI is InChI=1S/C22H21ClN2O4S/c1-16-3-13-21(14-4-16)30(27,28)25(2)19-9-11-20(12-10-19)29-15-22(26)24-18-7-5-17(23)6-8-18/h3-14H,15H2,1-2H3,(H,24,26). The average molecular weight is 445 g/mol. The van der Waals surface area contributed by atoms with Gasteiger partial charge >= 0.3 is 0 Å². The van der Waals surface area contributed by atoms with Crippen LogP contribution in [0.3, 0.4) is 0 Å². The van der Waals surface area contributed by atoms with Crippen molar-refractivity contribution in [3.63, 3.8) is 0 Å².